The first kappa shape index (κ1) is 18.2. The lowest BCUT2D eigenvalue weighted by Gasteiger charge is -2.01. The van der Waals surface area contributed by atoms with Crippen molar-refractivity contribution >= 4 is 58.7 Å². The second kappa shape index (κ2) is 8.56. The summed E-state index contributed by atoms with van der Waals surface area (Å²) in [5, 5.41) is 6.29. The molecular weight excluding hydrogens is 353 g/mol. The molecule has 2 rings (SSSR count). The number of hydrogen-bond donors (Lipinski definition) is 2. The van der Waals surface area contributed by atoms with Crippen molar-refractivity contribution in [3.05, 3.63) is 33.6 Å². The van der Waals surface area contributed by atoms with Gasteiger partial charge in [0.05, 0.1) is 10.0 Å². The fraction of sp³-hybridized carbons (Fsp3) is 0.231. The number of halogens is 3. The van der Waals surface area contributed by atoms with E-state index in [2.05, 4.69) is 10.3 Å². The Kier molecular flexibility index (Phi) is 7.42. The number of rotatable bonds is 5. The molecule has 2 aromatic rings. The maximum atomic E-state index is 11.6. The minimum atomic E-state index is -0.0820. The van der Waals surface area contributed by atoms with E-state index in [4.69, 9.17) is 28.9 Å². The first-order valence-electron chi connectivity index (χ1n) is 6.01. The molecule has 1 aromatic heterocycles. The zero-order chi connectivity index (χ0) is 14.5. The summed E-state index contributed by atoms with van der Waals surface area (Å²) in [6, 6.07) is 5.32. The molecule has 1 aromatic carbocycles. The Morgan fingerprint density at radius 3 is 2.76 bits per heavy atom. The highest BCUT2D eigenvalue weighted by Crippen LogP contribution is 2.31. The number of nitrogens with zero attached hydrogens (tertiary/aromatic N) is 1. The normalized spacial score (nSPS) is 10.0. The van der Waals surface area contributed by atoms with Crippen molar-refractivity contribution in [2.24, 2.45) is 5.73 Å². The van der Waals surface area contributed by atoms with Crippen molar-refractivity contribution in [1.82, 2.24) is 4.98 Å². The van der Waals surface area contributed by atoms with Crippen LogP contribution in [0.15, 0.2) is 23.6 Å². The summed E-state index contributed by atoms with van der Waals surface area (Å²) < 4.78 is 0. The topological polar surface area (TPSA) is 68.0 Å². The van der Waals surface area contributed by atoms with Crippen LogP contribution in [-0.4, -0.2) is 17.4 Å². The molecule has 0 saturated carbocycles. The molecule has 0 unspecified atom stereocenters. The number of aromatic nitrogens is 1. The molecule has 3 N–H and O–H groups in total. The van der Waals surface area contributed by atoms with Crippen LogP contribution >= 0.6 is 46.9 Å². The lowest BCUT2D eigenvalue weighted by atomic mass is 10.2. The standard InChI is InChI=1S/C13H13Cl2N3OS.ClH/c14-9-4-3-8(6-10(9)15)13-18-11(7-20-13)17-12(19)2-1-5-16;/h3-4,6-7H,1-2,5,16H2,(H,17,19);1H. The number of hydrogen-bond acceptors (Lipinski definition) is 4. The van der Waals surface area contributed by atoms with Gasteiger partial charge in [0.1, 0.15) is 10.8 Å². The van der Waals surface area contributed by atoms with Crippen molar-refractivity contribution in [3.8, 4) is 10.6 Å². The molecule has 0 aliphatic carbocycles. The average molecular weight is 367 g/mol. The van der Waals surface area contributed by atoms with Crippen LogP contribution in [0.4, 0.5) is 5.82 Å². The third kappa shape index (κ3) is 5.13. The van der Waals surface area contributed by atoms with Gasteiger partial charge >= 0.3 is 0 Å². The Morgan fingerprint density at radius 2 is 2.10 bits per heavy atom. The summed E-state index contributed by atoms with van der Waals surface area (Å²) in [5.74, 6) is 0.458. The molecule has 1 amide bonds. The minimum absolute atomic E-state index is 0. The number of anilines is 1. The van der Waals surface area contributed by atoms with Crippen LogP contribution in [-0.2, 0) is 4.79 Å². The van der Waals surface area contributed by atoms with Gasteiger partial charge in [-0.05, 0) is 25.1 Å². The van der Waals surface area contributed by atoms with Crippen molar-refractivity contribution < 1.29 is 4.79 Å². The van der Waals surface area contributed by atoms with E-state index in [1.807, 2.05) is 6.07 Å². The molecular formula is C13H14Cl3N3OS. The molecule has 0 atom stereocenters. The summed E-state index contributed by atoms with van der Waals surface area (Å²) in [6.45, 7) is 0.499. The van der Waals surface area contributed by atoms with Gasteiger partial charge in [0, 0.05) is 17.4 Å². The monoisotopic (exact) mass is 365 g/mol. The predicted molar refractivity (Wildman–Crippen MR) is 91.7 cm³/mol. The van der Waals surface area contributed by atoms with E-state index in [1.165, 1.54) is 11.3 Å². The maximum absolute atomic E-state index is 11.6. The second-order valence-electron chi connectivity index (χ2n) is 4.11. The lowest BCUT2D eigenvalue weighted by molar-refractivity contribution is -0.116. The van der Waals surface area contributed by atoms with Gasteiger partial charge in [-0.1, -0.05) is 29.3 Å². The number of carbonyl (C=O) groups is 1. The zero-order valence-corrected chi connectivity index (χ0v) is 14.1. The van der Waals surface area contributed by atoms with E-state index in [0.717, 1.165) is 10.6 Å². The smallest absolute Gasteiger partial charge is 0.225 e. The van der Waals surface area contributed by atoms with Crippen molar-refractivity contribution in [3.63, 3.8) is 0 Å². The number of thiazole rings is 1. The fourth-order valence-electron chi connectivity index (χ4n) is 1.56. The molecule has 0 radical (unpaired) electrons. The predicted octanol–water partition coefficient (Wildman–Crippen LogP) is 4.22. The van der Waals surface area contributed by atoms with Crippen LogP contribution in [0.1, 0.15) is 12.8 Å². The van der Waals surface area contributed by atoms with E-state index >= 15 is 0 Å². The maximum Gasteiger partial charge on any atom is 0.225 e. The van der Waals surface area contributed by atoms with Crippen LogP contribution in [0.25, 0.3) is 10.6 Å². The molecule has 8 heteroatoms. The van der Waals surface area contributed by atoms with Gasteiger partial charge in [0.15, 0.2) is 0 Å². The molecule has 114 valence electrons. The Labute approximate surface area is 143 Å². The van der Waals surface area contributed by atoms with E-state index in [9.17, 15) is 4.79 Å². The number of benzene rings is 1. The Bertz CT molecular complexity index is 618. The molecule has 4 nitrogen and oxygen atoms in total. The number of amides is 1. The fourth-order valence-corrected chi connectivity index (χ4v) is 2.61. The molecule has 0 spiro atoms. The van der Waals surface area contributed by atoms with Gasteiger partial charge in [-0.3, -0.25) is 4.79 Å². The van der Waals surface area contributed by atoms with Crippen molar-refractivity contribution in [2.75, 3.05) is 11.9 Å². The number of nitrogens with two attached hydrogens (primary N) is 1. The Balaban J connectivity index is 0.00000220. The van der Waals surface area contributed by atoms with Gasteiger partial charge in [-0.15, -0.1) is 23.7 Å². The van der Waals surface area contributed by atoms with Crippen LogP contribution in [0.5, 0.6) is 0 Å². The Hall–Kier alpha value is -0.850. The van der Waals surface area contributed by atoms with Crippen LogP contribution in [0.3, 0.4) is 0 Å². The highest BCUT2D eigenvalue weighted by molar-refractivity contribution is 7.13. The van der Waals surface area contributed by atoms with Gasteiger partial charge in [-0.2, -0.15) is 0 Å². The summed E-state index contributed by atoms with van der Waals surface area (Å²) in [4.78, 5) is 15.9. The minimum Gasteiger partial charge on any atom is -0.330 e. The third-order valence-electron chi connectivity index (χ3n) is 2.55. The van der Waals surface area contributed by atoms with Gasteiger partial charge in [0.2, 0.25) is 5.91 Å². The zero-order valence-electron chi connectivity index (χ0n) is 10.9. The largest absolute Gasteiger partial charge is 0.330 e. The van der Waals surface area contributed by atoms with E-state index < -0.39 is 0 Å². The molecule has 0 saturated heterocycles. The molecule has 0 fully saturated rings. The molecule has 0 bridgehead atoms. The summed E-state index contributed by atoms with van der Waals surface area (Å²) in [7, 11) is 0. The first-order valence-corrected chi connectivity index (χ1v) is 7.64. The van der Waals surface area contributed by atoms with Crippen LogP contribution < -0.4 is 11.1 Å². The highest BCUT2D eigenvalue weighted by atomic mass is 35.5. The van der Waals surface area contributed by atoms with E-state index in [0.29, 0.717) is 35.2 Å². The average Bonchev–Trinajstić information content (AvgIpc) is 2.88. The summed E-state index contributed by atoms with van der Waals surface area (Å²) in [5.41, 5.74) is 6.23. The van der Waals surface area contributed by atoms with Crippen molar-refractivity contribution in [2.45, 2.75) is 12.8 Å². The first-order chi connectivity index (χ1) is 9.60. The van der Waals surface area contributed by atoms with Gasteiger partial charge in [0.25, 0.3) is 0 Å². The molecule has 0 aliphatic rings. The molecule has 0 aliphatic heterocycles. The quantitative estimate of drug-likeness (QED) is 0.832. The SMILES string of the molecule is Cl.NCCCC(=O)Nc1csc(-c2ccc(Cl)c(Cl)c2)n1. The number of nitrogens with one attached hydrogen (secondary N) is 1. The lowest BCUT2D eigenvalue weighted by Crippen LogP contribution is -2.13. The van der Waals surface area contributed by atoms with Crippen molar-refractivity contribution in [1.29, 1.82) is 0 Å². The van der Waals surface area contributed by atoms with Crippen LogP contribution in [0, 0.1) is 0 Å². The van der Waals surface area contributed by atoms with E-state index in [-0.39, 0.29) is 18.3 Å². The third-order valence-corrected chi connectivity index (χ3v) is 4.18. The van der Waals surface area contributed by atoms with E-state index in [1.54, 1.807) is 17.5 Å². The Morgan fingerprint density at radius 1 is 1.33 bits per heavy atom. The molecule has 1 heterocycles. The van der Waals surface area contributed by atoms with Gasteiger partial charge in [-0.25, -0.2) is 4.98 Å². The van der Waals surface area contributed by atoms with Crippen LogP contribution in [0.2, 0.25) is 10.0 Å². The summed E-state index contributed by atoms with van der Waals surface area (Å²) >= 11 is 13.3. The highest BCUT2D eigenvalue weighted by Gasteiger charge is 2.09. The second-order valence-corrected chi connectivity index (χ2v) is 5.78. The number of carbonyl (C=O) groups excluding carboxylic acids is 1. The summed E-state index contributed by atoms with van der Waals surface area (Å²) in [6.07, 6.45) is 1.06. The van der Waals surface area contributed by atoms with Gasteiger partial charge < -0.3 is 11.1 Å². The molecule has 21 heavy (non-hydrogen) atoms.